The SMILES string of the molecule is COCCNc1ccc(CN(C(=O)C=Cc2ccc(C(F)(F)F)cc2)[C@@H](Cc2ccccc2)C(=O)N2CCN(Cc3ccccc3)CC2)cn1. The molecule has 262 valence electrons. The van der Waals surface area contributed by atoms with Gasteiger partial charge < -0.3 is 19.9 Å². The summed E-state index contributed by atoms with van der Waals surface area (Å²) in [7, 11) is 1.62. The lowest BCUT2D eigenvalue weighted by Gasteiger charge is -2.39. The van der Waals surface area contributed by atoms with Crippen molar-refractivity contribution in [3.8, 4) is 0 Å². The van der Waals surface area contributed by atoms with Crippen LogP contribution in [0.25, 0.3) is 6.08 Å². The van der Waals surface area contributed by atoms with E-state index in [1.807, 2.05) is 65.6 Å². The average molecular weight is 686 g/mol. The van der Waals surface area contributed by atoms with Crippen LogP contribution < -0.4 is 5.32 Å². The summed E-state index contributed by atoms with van der Waals surface area (Å²) in [5, 5.41) is 3.17. The van der Waals surface area contributed by atoms with E-state index in [1.54, 1.807) is 18.2 Å². The summed E-state index contributed by atoms with van der Waals surface area (Å²) in [5.74, 6) is 0.0515. The third-order valence-corrected chi connectivity index (χ3v) is 8.60. The Kier molecular flexibility index (Phi) is 12.8. The summed E-state index contributed by atoms with van der Waals surface area (Å²) in [6, 6.07) is 27.2. The molecular weight excluding hydrogens is 643 g/mol. The third-order valence-electron chi connectivity index (χ3n) is 8.60. The third kappa shape index (κ3) is 10.5. The Hall–Kier alpha value is -5.00. The molecule has 0 bridgehead atoms. The first-order chi connectivity index (χ1) is 24.2. The van der Waals surface area contributed by atoms with Crippen LogP contribution in [0, 0.1) is 0 Å². The summed E-state index contributed by atoms with van der Waals surface area (Å²) >= 11 is 0. The lowest BCUT2D eigenvalue weighted by atomic mass is 10.0. The number of halogens is 3. The number of pyridine rings is 1. The fourth-order valence-corrected chi connectivity index (χ4v) is 5.84. The Morgan fingerprint density at radius 3 is 2.14 bits per heavy atom. The van der Waals surface area contributed by atoms with Crippen molar-refractivity contribution >= 4 is 23.7 Å². The number of piperazine rings is 1. The van der Waals surface area contributed by atoms with E-state index in [4.69, 9.17) is 4.74 Å². The van der Waals surface area contributed by atoms with Gasteiger partial charge in [-0.1, -0.05) is 78.9 Å². The number of ether oxygens (including phenoxy) is 1. The van der Waals surface area contributed by atoms with Gasteiger partial charge in [-0.2, -0.15) is 13.2 Å². The second-order valence-corrected chi connectivity index (χ2v) is 12.2. The number of nitrogens with zero attached hydrogens (tertiary/aromatic N) is 4. The molecule has 3 aromatic carbocycles. The number of amides is 2. The maximum Gasteiger partial charge on any atom is 0.416 e. The van der Waals surface area contributed by atoms with E-state index in [2.05, 4.69) is 27.3 Å². The van der Waals surface area contributed by atoms with E-state index in [1.165, 1.54) is 29.8 Å². The van der Waals surface area contributed by atoms with Crippen molar-refractivity contribution < 1.29 is 27.5 Å². The second-order valence-electron chi connectivity index (χ2n) is 12.2. The van der Waals surface area contributed by atoms with Crippen LogP contribution in [0.3, 0.4) is 0 Å². The van der Waals surface area contributed by atoms with Gasteiger partial charge in [-0.25, -0.2) is 4.98 Å². The number of rotatable bonds is 14. The smallest absolute Gasteiger partial charge is 0.383 e. The molecule has 0 aliphatic carbocycles. The summed E-state index contributed by atoms with van der Waals surface area (Å²) in [6.45, 7) is 4.41. The topological polar surface area (TPSA) is 78.0 Å². The van der Waals surface area contributed by atoms with E-state index >= 15 is 0 Å². The van der Waals surface area contributed by atoms with Crippen molar-refractivity contribution in [2.24, 2.45) is 0 Å². The van der Waals surface area contributed by atoms with Gasteiger partial charge in [-0.3, -0.25) is 14.5 Å². The summed E-state index contributed by atoms with van der Waals surface area (Å²) in [4.78, 5) is 38.7. The fraction of sp³-hybridized carbons (Fsp3) is 0.308. The number of carbonyl (C=O) groups is 2. The van der Waals surface area contributed by atoms with E-state index in [9.17, 15) is 22.8 Å². The highest BCUT2D eigenvalue weighted by Gasteiger charge is 2.34. The molecule has 1 fully saturated rings. The number of hydrogen-bond acceptors (Lipinski definition) is 6. The van der Waals surface area contributed by atoms with Crippen LogP contribution in [0.2, 0.25) is 0 Å². The molecule has 0 radical (unpaired) electrons. The average Bonchev–Trinajstić information content (AvgIpc) is 3.13. The van der Waals surface area contributed by atoms with Crippen LogP contribution in [0.4, 0.5) is 19.0 Å². The minimum atomic E-state index is -4.46. The van der Waals surface area contributed by atoms with Gasteiger partial charge in [0, 0.05) is 71.6 Å². The number of anilines is 1. The van der Waals surface area contributed by atoms with Gasteiger partial charge in [0.15, 0.2) is 0 Å². The molecule has 5 rings (SSSR count). The number of methoxy groups -OCH3 is 1. The number of nitrogens with one attached hydrogen (secondary N) is 1. The van der Waals surface area contributed by atoms with Crippen LogP contribution in [0.5, 0.6) is 0 Å². The van der Waals surface area contributed by atoms with Crippen LogP contribution in [0.15, 0.2) is 109 Å². The largest absolute Gasteiger partial charge is 0.416 e. The molecule has 1 saturated heterocycles. The highest BCUT2D eigenvalue weighted by molar-refractivity contribution is 5.95. The monoisotopic (exact) mass is 685 g/mol. The highest BCUT2D eigenvalue weighted by atomic mass is 19.4. The van der Waals surface area contributed by atoms with Crippen molar-refractivity contribution in [3.05, 3.63) is 137 Å². The minimum absolute atomic E-state index is 0.0960. The van der Waals surface area contributed by atoms with Crippen LogP contribution >= 0.6 is 0 Å². The van der Waals surface area contributed by atoms with Gasteiger partial charge in [0.1, 0.15) is 11.9 Å². The summed E-state index contributed by atoms with van der Waals surface area (Å²) in [5.41, 5.74) is 2.48. The van der Waals surface area contributed by atoms with E-state index in [0.29, 0.717) is 50.7 Å². The van der Waals surface area contributed by atoms with Crippen molar-refractivity contribution in [1.82, 2.24) is 19.7 Å². The summed E-state index contributed by atoms with van der Waals surface area (Å²) < 4.78 is 44.5. The lowest BCUT2D eigenvalue weighted by molar-refractivity contribution is -0.145. The molecule has 2 amide bonds. The summed E-state index contributed by atoms with van der Waals surface area (Å²) in [6.07, 6.45) is 0.285. The second kappa shape index (κ2) is 17.6. The molecule has 8 nitrogen and oxygen atoms in total. The first-order valence-electron chi connectivity index (χ1n) is 16.6. The Labute approximate surface area is 291 Å². The van der Waals surface area contributed by atoms with Gasteiger partial charge in [-0.05, 0) is 46.5 Å². The molecule has 11 heteroatoms. The zero-order valence-corrected chi connectivity index (χ0v) is 28.1. The Morgan fingerprint density at radius 2 is 1.54 bits per heavy atom. The number of benzene rings is 3. The van der Waals surface area contributed by atoms with E-state index < -0.39 is 23.7 Å². The molecule has 1 aliphatic heterocycles. The van der Waals surface area contributed by atoms with Gasteiger partial charge in [-0.15, -0.1) is 0 Å². The Balaban J connectivity index is 1.40. The predicted molar refractivity (Wildman–Crippen MR) is 188 cm³/mol. The molecule has 50 heavy (non-hydrogen) atoms. The van der Waals surface area contributed by atoms with E-state index in [0.717, 1.165) is 29.8 Å². The molecule has 0 unspecified atom stereocenters. The molecule has 2 heterocycles. The number of alkyl halides is 3. The number of hydrogen-bond donors (Lipinski definition) is 1. The molecular formula is C39H42F3N5O3. The molecule has 0 saturated carbocycles. The normalized spacial score (nSPS) is 14.4. The number of carbonyl (C=O) groups excluding carboxylic acids is 2. The predicted octanol–water partition coefficient (Wildman–Crippen LogP) is 6.16. The van der Waals surface area contributed by atoms with Crippen molar-refractivity contribution in [2.75, 3.05) is 51.8 Å². The Morgan fingerprint density at radius 1 is 0.880 bits per heavy atom. The van der Waals surface area contributed by atoms with Crippen LogP contribution in [0.1, 0.15) is 27.8 Å². The van der Waals surface area contributed by atoms with Gasteiger partial charge in [0.05, 0.1) is 12.2 Å². The van der Waals surface area contributed by atoms with Crippen LogP contribution in [-0.2, 0) is 40.0 Å². The van der Waals surface area contributed by atoms with Gasteiger partial charge in [0.25, 0.3) is 0 Å². The zero-order chi connectivity index (χ0) is 35.3. The zero-order valence-electron chi connectivity index (χ0n) is 28.1. The molecule has 1 atom stereocenters. The van der Waals surface area contributed by atoms with Gasteiger partial charge >= 0.3 is 6.18 Å². The minimum Gasteiger partial charge on any atom is -0.383 e. The fourth-order valence-electron chi connectivity index (χ4n) is 5.84. The molecule has 0 spiro atoms. The van der Waals surface area contributed by atoms with Gasteiger partial charge in [0.2, 0.25) is 11.8 Å². The maximum absolute atomic E-state index is 14.5. The van der Waals surface area contributed by atoms with Crippen molar-refractivity contribution in [1.29, 1.82) is 0 Å². The number of aromatic nitrogens is 1. The van der Waals surface area contributed by atoms with Crippen molar-refractivity contribution in [3.63, 3.8) is 0 Å². The highest BCUT2D eigenvalue weighted by Crippen LogP contribution is 2.29. The quantitative estimate of drug-likeness (QED) is 0.127. The Bertz CT molecular complexity index is 1680. The molecule has 1 N–H and O–H groups in total. The lowest BCUT2D eigenvalue weighted by Crippen LogP contribution is -2.56. The molecule has 1 aromatic heterocycles. The van der Waals surface area contributed by atoms with Crippen molar-refractivity contribution in [2.45, 2.75) is 31.7 Å². The maximum atomic E-state index is 14.5. The van der Waals surface area contributed by atoms with Crippen LogP contribution in [-0.4, -0.2) is 84.0 Å². The first-order valence-corrected chi connectivity index (χ1v) is 16.6. The standard InChI is InChI=1S/C39H42F3N5O3/c1-50-25-20-43-36-18-14-33(27-44-36)29-47(37(48)19-15-30-12-16-34(17-13-30)39(40,41)42)35(26-31-8-4-2-5-9-31)38(49)46-23-21-45(22-24-46)28-32-10-6-3-7-11-32/h2-19,27,35H,20-26,28-29H2,1H3,(H,43,44)/t35-/m0/s1. The molecule has 1 aliphatic rings. The first kappa shape index (κ1) is 36.3. The van der Waals surface area contributed by atoms with E-state index in [-0.39, 0.29) is 18.9 Å². The molecule has 4 aromatic rings.